The number of hydrogen-bond acceptors (Lipinski definition) is 2. The van der Waals surface area contributed by atoms with Gasteiger partial charge < -0.3 is 10.4 Å². The summed E-state index contributed by atoms with van der Waals surface area (Å²) in [7, 11) is 0. The molecule has 0 fully saturated rings. The Morgan fingerprint density at radius 1 is 1.16 bits per heavy atom. The van der Waals surface area contributed by atoms with Crippen molar-refractivity contribution in [3.8, 4) is 5.75 Å². The van der Waals surface area contributed by atoms with Gasteiger partial charge in [0.1, 0.15) is 17.4 Å². The van der Waals surface area contributed by atoms with Crippen LogP contribution in [0, 0.1) is 11.6 Å². The molecule has 2 rings (SSSR count). The molecule has 0 spiro atoms. The summed E-state index contributed by atoms with van der Waals surface area (Å²) in [5.41, 5.74) is -0.0496. The van der Waals surface area contributed by atoms with Gasteiger partial charge in [-0.15, -0.1) is 0 Å². The predicted octanol–water partition coefficient (Wildman–Crippen LogP) is 3.58. The topological polar surface area (TPSA) is 49.3 Å². The van der Waals surface area contributed by atoms with Crippen LogP contribution in [0.1, 0.15) is 10.4 Å². The van der Waals surface area contributed by atoms with E-state index in [0.717, 1.165) is 12.1 Å². The van der Waals surface area contributed by atoms with Crippen LogP contribution in [0.2, 0.25) is 5.02 Å². The van der Waals surface area contributed by atoms with Gasteiger partial charge in [0.2, 0.25) is 0 Å². The van der Waals surface area contributed by atoms with E-state index < -0.39 is 17.5 Å². The van der Waals surface area contributed by atoms with Gasteiger partial charge in [-0.05, 0) is 24.3 Å². The standard InChI is InChI=1S/C13H8ClF2NO2/c14-10-4-2-8(6-12(10)18)17-13(19)9-3-1-7(15)5-11(9)16/h1-6,18H,(H,17,19). The summed E-state index contributed by atoms with van der Waals surface area (Å²) < 4.78 is 26.1. The maximum atomic E-state index is 13.4. The Kier molecular flexibility index (Phi) is 3.66. The SMILES string of the molecule is O=C(Nc1ccc(Cl)c(O)c1)c1ccc(F)cc1F. The lowest BCUT2D eigenvalue weighted by molar-refractivity contribution is 0.102. The summed E-state index contributed by atoms with van der Waals surface area (Å²) in [6.45, 7) is 0. The molecule has 0 aliphatic carbocycles. The molecule has 6 heteroatoms. The molecule has 19 heavy (non-hydrogen) atoms. The van der Waals surface area contributed by atoms with E-state index in [1.165, 1.54) is 18.2 Å². The monoisotopic (exact) mass is 283 g/mol. The second kappa shape index (κ2) is 5.24. The molecule has 2 N–H and O–H groups in total. The lowest BCUT2D eigenvalue weighted by Crippen LogP contribution is -2.13. The van der Waals surface area contributed by atoms with Crippen LogP contribution in [0.3, 0.4) is 0 Å². The highest BCUT2D eigenvalue weighted by atomic mass is 35.5. The first-order chi connectivity index (χ1) is 8.97. The van der Waals surface area contributed by atoms with Crippen molar-refractivity contribution in [3.05, 3.63) is 58.6 Å². The lowest BCUT2D eigenvalue weighted by atomic mass is 10.2. The molecule has 0 atom stereocenters. The molecule has 0 bridgehead atoms. The second-order valence-corrected chi connectivity index (χ2v) is 4.15. The lowest BCUT2D eigenvalue weighted by Gasteiger charge is -2.07. The second-order valence-electron chi connectivity index (χ2n) is 3.74. The number of halogens is 3. The van der Waals surface area contributed by atoms with Crippen molar-refractivity contribution in [2.45, 2.75) is 0 Å². The number of hydrogen-bond donors (Lipinski definition) is 2. The summed E-state index contributed by atoms with van der Waals surface area (Å²) >= 11 is 5.61. The normalized spacial score (nSPS) is 10.3. The average Bonchev–Trinajstić information content (AvgIpc) is 2.33. The fraction of sp³-hybridized carbons (Fsp3) is 0. The molecule has 0 saturated carbocycles. The molecule has 0 aromatic heterocycles. The van der Waals surface area contributed by atoms with Gasteiger partial charge in [0.05, 0.1) is 10.6 Å². The molecule has 0 aliphatic heterocycles. The number of phenols is 1. The molecule has 2 aromatic carbocycles. The average molecular weight is 284 g/mol. The summed E-state index contributed by atoms with van der Waals surface area (Å²) in [4.78, 5) is 11.8. The molecule has 0 aliphatic rings. The van der Waals surface area contributed by atoms with E-state index in [0.29, 0.717) is 6.07 Å². The van der Waals surface area contributed by atoms with Crippen molar-refractivity contribution in [2.24, 2.45) is 0 Å². The van der Waals surface area contributed by atoms with Gasteiger partial charge in [-0.1, -0.05) is 11.6 Å². The van der Waals surface area contributed by atoms with Gasteiger partial charge in [-0.25, -0.2) is 8.78 Å². The molecular formula is C13H8ClF2NO2. The van der Waals surface area contributed by atoms with Gasteiger partial charge in [0.25, 0.3) is 5.91 Å². The zero-order chi connectivity index (χ0) is 14.0. The van der Waals surface area contributed by atoms with Crippen LogP contribution in [0.25, 0.3) is 0 Å². The van der Waals surface area contributed by atoms with Crippen molar-refractivity contribution in [1.82, 2.24) is 0 Å². The Morgan fingerprint density at radius 2 is 1.89 bits per heavy atom. The molecular weight excluding hydrogens is 276 g/mol. The Labute approximate surface area is 112 Å². The number of amides is 1. The van der Waals surface area contributed by atoms with E-state index in [4.69, 9.17) is 11.6 Å². The molecule has 1 amide bonds. The Balaban J connectivity index is 2.23. The van der Waals surface area contributed by atoms with Crippen molar-refractivity contribution in [3.63, 3.8) is 0 Å². The smallest absolute Gasteiger partial charge is 0.258 e. The third kappa shape index (κ3) is 3.00. The van der Waals surface area contributed by atoms with Crippen LogP contribution in [-0.4, -0.2) is 11.0 Å². The first kappa shape index (κ1) is 13.3. The minimum atomic E-state index is -0.962. The number of aromatic hydroxyl groups is 1. The Morgan fingerprint density at radius 3 is 2.53 bits per heavy atom. The van der Waals surface area contributed by atoms with Crippen LogP contribution in [-0.2, 0) is 0 Å². The van der Waals surface area contributed by atoms with E-state index in [-0.39, 0.29) is 22.0 Å². The van der Waals surface area contributed by atoms with E-state index >= 15 is 0 Å². The van der Waals surface area contributed by atoms with Crippen molar-refractivity contribution < 1.29 is 18.7 Å². The highest BCUT2D eigenvalue weighted by Gasteiger charge is 2.13. The zero-order valence-electron chi connectivity index (χ0n) is 9.45. The third-order valence-electron chi connectivity index (χ3n) is 2.38. The maximum Gasteiger partial charge on any atom is 0.258 e. The number of carbonyl (C=O) groups excluding carboxylic acids is 1. The largest absolute Gasteiger partial charge is 0.506 e. The summed E-state index contributed by atoms with van der Waals surface area (Å²) in [6, 6.07) is 6.69. The van der Waals surface area contributed by atoms with Crippen molar-refractivity contribution in [2.75, 3.05) is 5.32 Å². The van der Waals surface area contributed by atoms with Crippen LogP contribution in [0.5, 0.6) is 5.75 Å². The van der Waals surface area contributed by atoms with Crippen LogP contribution in [0.15, 0.2) is 36.4 Å². The Hall–Kier alpha value is -2.14. The summed E-state index contributed by atoms with van der Waals surface area (Å²) in [5.74, 6) is -2.69. The fourth-order valence-corrected chi connectivity index (χ4v) is 1.58. The van der Waals surface area contributed by atoms with Crippen LogP contribution >= 0.6 is 11.6 Å². The minimum absolute atomic E-state index is 0.131. The molecule has 3 nitrogen and oxygen atoms in total. The molecule has 0 saturated heterocycles. The molecule has 0 radical (unpaired) electrons. The summed E-state index contributed by atoms with van der Waals surface area (Å²) in [6.07, 6.45) is 0. The third-order valence-corrected chi connectivity index (χ3v) is 2.70. The highest BCUT2D eigenvalue weighted by molar-refractivity contribution is 6.32. The van der Waals surface area contributed by atoms with Gasteiger partial charge >= 0.3 is 0 Å². The maximum absolute atomic E-state index is 13.4. The number of carbonyl (C=O) groups is 1. The minimum Gasteiger partial charge on any atom is -0.506 e. The van der Waals surface area contributed by atoms with E-state index in [2.05, 4.69) is 5.32 Å². The highest BCUT2D eigenvalue weighted by Crippen LogP contribution is 2.26. The van der Waals surface area contributed by atoms with Crippen LogP contribution in [0.4, 0.5) is 14.5 Å². The first-order valence-corrected chi connectivity index (χ1v) is 5.60. The van der Waals surface area contributed by atoms with E-state index in [9.17, 15) is 18.7 Å². The number of benzene rings is 2. The number of nitrogens with one attached hydrogen (secondary N) is 1. The fourth-order valence-electron chi connectivity index (χ4n) is 1.46. The van der Waals surface area contributed by atoms with E-state index in [1.54, 1.807) is 0 Å². The molecule has 0 heterocycles. The van der Waals surface area contributed by atoms with Gasteiger partial charge in [0.15, 0.2) is 0 Å². The first-order valence-electron chi connectivity index (χ1n) is 5.22. The van der Waals surface area contributed by atoms with Crippen molar-refractivity contribution in [1.29, 1.82) is 0 Å². The van der Waals surface area contributed by atoms with Crippen molar-refractivity contribution >= 4 is 23.2 Å². The van der Waals surface area contributed by atoms with Crippen LogP contribution < -0.4 is 5.32 Å². The zero-order valence-corrected chi connectivity index (χ0v) is 10.2. The van der Waals surface area contributed by atoms with Gasteiger partial charge in [-0.3, -0.25) is 4.79 Å². The number of phenolic OH excluding ortho intramolecular Hbond substituents is 1. The quantitative estimate of drug-likeness (QED) is 0.885. The summed E-state index contributed by atoms with van der Waals surface area (Å²) in [5, 5.41) is 11.9. The number of rotatable bonds is 2. The number of anilines is 1. The van der Waals surface area contributed by atoms with E-state index in [1.807, 2.05) is 0 Å². The molecule has 98 valence electrons. The molecule has 0 unspecified atom stereocenters. The predicted molar refractivity (Wildman–Crippen MR) is 67.4 cm³/mol. The van der Waals surface area contributed by atoms with Gasteiger partial charge in [0, 0.05) is 17.8 Å². The van der Waals surface area contributed by atoms with Gasteiger partial charge in [-0.2, -0.15) is 0 Å². The molecule has 2 aromatic rings. The Bertz CT molecular complexity index is 647.